The van der Waals surface area contributed by atoms with Crippen LogP contribution in [0.25, 0.3) is 0 Å². The summed E-state index contributed by atoms with van der Waals surface area (Å²) in [7, 11) is 0. The maximum atomic E-state index is 9.02. The smallest absolute Gasteiger partial charge is 0.134 e. The Morgan fingerprint density at radius 1 is 1.40 bits per heavy atom. The average Bonchev–Trinajstić information content (AvgIpc) is 2.69. The summed E-state index contributed by atoms with van der Waals surface area (Å²) in [6.45, 7) is 1.89. The first-order valence-electron chi connectivity index (χ1n) is 4.74. The van der Waals surface area contributed by atoms with Gasteiger partial charge in [0.2, 0.25) is 0 Å². The van der Waals surface area contributed by atoms with Gasteiger partial charge in [-0.2, -0.15) is 0 Å². The monoisotopic (exact) mass is 220 g/mol. The summed E-state index contributed by atoms with van der Waals surface area (Å²) >= 11 is 1.69. The van der Waals surface area contributed by atoms with Crippen molar-refractivity contribution in [2.45, 2.75) is 20.0 Å². The molecule has 2 rings (SSSR count). The van der Waals surface area contributed by atoms with Crippen LogP contribution in [0, 0.1) is 6.92 Å². The highest BCUT2D eigenvalue weighted by Gasteiger charge is 2.03. The van der Waals surface area contributed by atoms with E-state index in [1.807, 2.05) is 18.4 Å². The molecule has 0 aliphatic carbocycles. The number of aliphatic hydroxyl groups excluding tert-OH is 1. The van der Waals surface area contributed by atoms with E-state index in [0.29, 0.717) is 5.69 Å². The zero-order valence-electron chi connectivity index (χ0n) is 8.47. The number of hydrogen-bond donors (Lipinski definition) is 1. The van der Waals surface area contributed by atoms with Crippen molar-refractivity contribution < 1.29 is 5.11 Å². The van der Waals surface area contributed by atoms with E-state index in [0.717, 1.165) is 17.9 Å². The van der Waals surface area contributed by atoms with Crippen LogP contribution in [-0.4, -0.2) is 15.1 Å². The lowest BCUT2D eigenvalue weighted by Crippen LogP contribution is -2.01. The van der Waals surface area contributed by atoms with E-state index in [1.54, 1.807) is 17.4 Å². The Kier molecular flexibility index (Phi) is 3.08. The molecule has 0 unspecified atom stereocenters. The molecular formula is C11H12N2OS. The Bertz CT molecular complexity index is 440. The summed E-state index contributed by atoms with van der Waals surface area (Å²) in [5.41, 5.74) is 1.59. The quantitative estimate of drug-likeness (QED) is 0.859. The highest BCUT2D eigenvalue weighted by Crippen LogP contribution is 2.13. The second-order valence-corrected chi connectivity index (χ2v) is 4.36. The number of aromatic nitrogens is 2. The average molecular weight is 220 g/mol. The lowest BCUT2D eigenvalue weighted by molar-refractivity contribution is 0.276. The van der Waals surface area contributed by atoms with Crippen LogP contribution in [0.15, 0.2) is 23.6 Å². The molecule has 4 heteroatoms. The Morgan fingerprint density at radius 3 is 2.93 bits per heavy atom. The molecule has 0 saturated heterocycles. The minimum Gasteiger partial charge on any atom is -0.390 e. The predicted octanol–water partition coefficient (Wildman–Crippen LogP) is 1.93. The van der Waals surface area contributed by atoms with Gasteiger partial charge < -0.3 is 5.11 Å². The molecule has 0 aliphatic heterocycles. The van der Waals surface area contributed by atoms with E-state index >= 15 is 0 Å². The van der Waals surface area contributed by atoms with Crippen molar-refractivity contribution in [3.8, 4) is 0 Å². The number of thiophene rings is 1. The number of aryl methyl sites for hydroxylation is 1. The second-order valence-electron chi connectivity index (χ2n) is 3.33. The van der Waals surface area contributed by atoms with Gasteiger partial charge in [-0.3, -0.25) is 0 Å². The highest BCUT2D eigenvalue weighted by molar-refractivity contribution is 7.09. The van der Waals surface area contributed by atoms with Gasteiger partial charge in [-0.05, 0) is 24.4 Å². The Morgan fingerprint density at radius 2 is 2.27 bits per heavy atom. The molecule has 0 atom stereocenters. The first-order valence-corrected chi connectivity index (χ1v) is 5.62. The van der Waals surface area contributed by atoms with Gasteiger partial charge in [0.25, 0.3) is 0 Å². The summed E-state index contributed by atoms with van der Waals surface area (Å²) in [5.74, 6) is 0.779. The molecule has 0 radical (unpaired) electrons. The van der Waals surface area contributed by atoms with E-state index in [9.17, 15) is 0 Å². The molecule has 2 heterocycles. The van der Waals surface area contributed by atoms with Crippen LogP contribution in [0.3, 0.4) is 0 Å². The van der Waals surface area contributed by atoms with Gasteiger partial charge in [-0.15, -0.1) is 11.3 Å². The van der Waals surface area contributed by atoms with Crippen molar-refractivity contribution in [2.75, 3.05) is 0 Å². The van der Waals surface area contributed by atoms with Crippen molar-refractivity contribution in [3.05, 3.63) is 45.7 Å². The zero-order valence-corrected chi connectivity index (χ0v) is 9.29. The maximum absolute atomic E-state index is 9.02. The van der Waals surface area contributed by atoms with Gasteiger partial charge in [0.1, 0.15) is 5.82 Å². The molecule has 0 fully saturated rings. The van der Waals surface area contributed by atoms with Crippen LogP contribution in [0.5, 0.6) is 0 Å². The Labute approximate surface area is 92.5 Å². The topological polar surface area (TPSA) is 46.0 Å². The lowest BCUT2D eigenvalue weighted by atomic mass is 10.3. The van der Waals surface area contributed by atoms with Gasteiger partial charge in [-0.1, -0.05) is 6.07 Å². The van der Waals surface area contributed by atoms with E-state index in [1.165, 1.54) is 4.88 Å². The summed E-state index contributed by atoms with van der Waals surface area (Å²) in [4.78, 5) is 9.85. The maximum Gasteiger partial charge on any atom is 0.134 e. The van der Waals surface area contributed by atoms with E-state index in [2.05, 4.69) is 16.0 Å². The molecular weight excluding hydrogens is 208 g/mol. The predicted molar refractivity (Wildman–Crippen MR) is 59.8 cm³/mol. The van der Waals surface area contributed by atoms with Crippen LogP contribution in [-0.2, 0) is 13.0 Å². The SMILES string of the molecule is Cc1cc(CO)nc(Cc2cccs2)n1. The first kappa shape index (κ1) is 10.3. The molecule has 2 aromatic rings. The summed E-state index contributed by atoms with van der Waals surface area (Å²) < 4.78 is 0. The fraction of sp³-hybridized carbons (Fsp3) is 0.273. The molecule has 15 heavy (non-hydrogen) atoms. The van der Waals surface area contributed by atoms with Crippen molar-refractivity contribution in [3.63, 3.8) is 0 Å². The number of rotatable bonds is 3. The van der Waals surface area contributed by atoms with Crippen LogP contribution in [0.4, 0.5) is 0 Å². The van der Waals surface area contributed by atoms with Crippen molar-refractivity contribution in [2.24, 2.45) is 0 Å². The third-order valence-electron chi connectivity index (χ3n) is 2.03. The Balaban J connectivity index is 2.24. The van der Waals surface area contributed by atoms with Gasteiger partial charge in [0.05, 0.1) is 12.3 Å². The molecule has 0 amide bonds. The second kappa shape index (κ2) is 4.51. The van der Waals surface area contributed by atoms with Gasteiger partial charge >= 0.3 is 0 Å². The first-order chi connectivity index (χ1) is 7.28. The van der Waals surface area contributed by atoms with Crippen LogP contribution >= 0.6 is 11.3 Å². The third kappa shape index (κ3) is 2.61. The number of hydrogen-bond acceptors (Lipinski definition) is 4. The third-order valence-corrected chi connectivity index (χ3v) is 2.90. The largest absolute Gasteiger partial charge is 0.390 e. The standard InChI is InChI=1S/C11H12N2OS/c1-8-5-9(7-14)13-11(12-8)6-10-3-2-4-15-10/h2-5,14H,6-7H2,1H3. The van der Waals surface area contributed by atoms with Gasteiger partial charge in [0, 0.05) is 17.0 Å². The highest BCUT2D eigenvalue weighted by atomic mass is 32.1. The van der Waals surface area contributed by atoms with Crippen LogP contribution in [0.1, 0.15) is 22.1 Å². The molecule has 2 aromatic heterocycles. The van der Waals surface area contributed by atoms with Gasteiger partial charge in [-0.25, -0.2) is 9.97 Å². The molecule has 1 N–H and O–H groups in total. The van der Waals surface area contributed by atoms with Crippen LogP contribution in [0.2, 0.25) is 0 Å². The molecule has 0 saturated carbocycles. The van der Waals surface area contributed by atoms with E-state index in [4.69, 9.17) is 5.11 Å². The summed E-state index contributed by atoms with van der Waals surface area (Å²) in [6.07, 6.45) is 0.742. The normalized spacial score (nSPS) is 10.5. The lowest BCUT2D eigenvalue weighted by Gasteiger charge is -2.02. The molecule has 78 valence electrons. The molecule has 0 aliphatic rings. The van der Waals surface area contributed by atoms with Gasteiger partial charge in [0.15, 0.2) is 0 Å². The molecule has 0 spiro atoms. The fourth-order valence-electron chi connectivity index (χ4n) is 1.43. The summed E-state index contributed by atoms with van der Waals surface area (Å²) in [5, 5.41) is 11.1. The summed E-state index contributed by atoms with van der Waals surface area (Å²) in [6, 6.07) is 5.88. The molecule has 0 bridgehead atoms. The molecule has 3 nitrogen and oxygen atoms in total. The van der Waals surface area contributed by atoms with E-state index in [-0.39, 0.29) is 6.61 Å². The van der Waals surface area contributed by atoms with Crippen molar-refractivity contribution in [1.82, 2.24) is 9.97 Å². The van der Waals surface area contributed by atoms with Crippen LogP contribution < -0.4 is 0 Å². The zero-order chi connectivity index (χ0) is 10.7. The van der Waals surface area contributed by atoms with E-state index < -0.39 is 0 Å². The number of aliphatic hydroxyl groups is 1. The minimum absolute atomic E-state index is 0.0270. The fourth-order valence-corrected chi connectivity index (χ4v) is 2.13. The number of nitrogens with zero attached hydrogens (tertiary/aromatic N) is 2. The van der Waals surface area contributed by atoms with Crippen molar-refractivity contribution >= 4 is 11.3 Å². The Hall–Kier alpha value is -1.26. The molecule has 0 aromatic carbocycles. The minimum atomic E-state index is -0.0270. The van der Waals surface area contributed by atoms with Crippen molar-refractivity contribution in [1.29, 1.82) is 0 Å².